The van der Waals surface area contributed by atoms with E-state index in [9.17, 15) is 18.0 Å². The van der Waals surface area contributed by atoms with Gasteiger partial charge < -0.3 is 15.0 Å². The number of methoxy groups -OCH3 is 1. The van der Waals surface area contributed by atoms with Gasteiger partial charge in [0.2, 0.25) is 11.8 Å². The van der Waals surface area contributed by atoms with Crippen LogP contribution in [0.1, 0.15) is 33.3 Å². The van der Waals surface area contributed by atoms with Crippen LogP contribution in [-0.4, -0.2) is 50.4 Å². The van der Waals surface area contributed by atoms with Crippen LogP contribution < -0.4 is 14.4 Å². The first kappa shape index (κ1) is 31.3. The maximum atomic E-state index is 14.0. The summed E-state index contributed by atoms with van der Waals surface area (Å²) in [4.78, 5) is 28.5. The Kier molecular flexibility index (Phi) is 10.1. The van der Waals surface area contributed by atoms with Crippen molar-refractivity contribution in [3.63, 3.8) is 0 Å². The maximum absolute atomic E-state index is 14.0. The number of carbonyl (C=O) groups is 2. The smallest absolute Gasteiger partial charge is 0.264 e. The molecule has 0 heterocycles. The van der Waals surface area contributed by atoms with Crippen molar-refractivity contribution in [3.8, 4) is 5.75 Å². The average Bonchev–Trinajstić information content (AvgIpc) is 2.91. The zero-order chi connectivity index (χ0) is 29.7. The van der Waals surface area contributed by atoms with E-state index in [-0.39, 0.29) is 33.1 Å². The fourth-order valence-corrected chi connectivity index (χ4v) is 5.59. The van der Waals surface area contributed by atoms with Gasteiger partial charge in [0.1, 0.15) is 18.3 Å². The molecule has 1 unspecified atom stereocenters. The predicted molar refractivity (Wildman–Crippen MR) is 158 cm³/mol. The van der Waals surface area contributed by atoms with Crippen molar-refractivity contribution < 1.29 is 22.7 Å². The summed E-state index contributed by atoms with van der Waals surface area (Å²) >= 11 is 12.3. The van der Waals surface area contributed by atoms with E-state index in [0.717, 1.165) is 9.87 Å². The van der Waals surface area contributed by atoms with Crippen molar-refractivity contribution in [2.75, 3.05) is 18.0 Å². The normalized spacial score (nSPS) is 12.4. The number of anilines is 1. The van der Waals surface area contributed by atoms with Crippen LogP contribution in [0.15, 0.2) is 77.7 Å². The molecule has 0 aliphatic rings. The Balaban J connectivity index is 2.04. The maximum Gasteiger partial charge on any atom is 0.264 e. The lowest BCUT2D eigenvalue weighted by Gasteiger charge is -2.33. The van der Waals surface area contributed by atoms with Gasteiger partial charge in [-0.25, -0.2) is 8.42 Å². The van der Waals surface area contributed by atoms with Gasteiger partial charge >= 0.3 is 0 Å². The molecule has 0 aromatic heterocycles. The molecule has 0 aliphatic heterocycles. The van der Waals surface area contributed by atoms with Gasteiger partial charge in [-0.3, -0.25) is 13.9 Å². The van der Waals surface area contributed by atoms with Gasteiger partial charge in [-0.05, 0) is 75.7 Å². The predicted octanol–water partition coefficient (Wildman–Crippen LogP) is 5.53. The zero-order valence-electron chi connectivity index (χ0n) is 23.0. The van der Waals surface area contributed by atoms with E-state index in [2.05, 4.69) is 5.32 Å². The van der Waals surface area contributed by atoms with Crippen molar-refractivity contribution in [3.05, 3.63) is 88.4 Å². The molecule has 1 atom stereocenters. The molecule has 40 heavy (non-hydrogen) atoms. The molecule has 3 rings (SSSR count). The number of hydrogen-bond acceptors (Lipinski definition) is 5. The second-order valence-corrected chi connectivity index (χ2v) is 12.9. The van der Waals surface area contributed by atoms with Gasteiger partial charge in [0.05, 0.1) is 27.7 Å². The van der Waals surface area contributed by atoms with Crippen LogP contribution in [-0.2, 0) is 26.2 Å². The third-order valence-electron chi connectivity index (χ3n) is 5.98. The topological polar surface area (TPSA) is 96.0 Å². The van der Waals surface area contributed by atoms with Crippen LogP contribution >= 0.6 is 23.2 Å². The molecular formula is C29H33Cl2N3O5S. The first-order valence-electron chi connectivity index (χ1n) is 12.5. The molecule has 0 spiro atoms. The number of carbonyl (C=O) groups excluding carboxylic acids is 2. The number of benzene rings is 3. The van der Waals surface area contributed by atoms with Crippen molar-refractivity contribution >= 4 is 50.7 Å². The Hall–Kier alpha value is -3.27. The van der Waals surface area contributed by atoms with Crippen LogP contribution in [0.4, 0.5) is 5.69 Å². The second kappa shape index (κ2) is 12.9. The number of hydrogen-bond donors (Lipinski definition) is 1. The van der Waals surface area contributed by atoms with Gasteiger partial charge in [0.25, 0.3) is 10.0 Å². The van der Waals surface area contributed by atoms with Crippen molar-refractivity contribution in [2.24, 2.45) is 0 Å². The molecule has 0 bridgehead atoms. The standard InChI is InChI=1S/C29H33Cl2N3O5S/c1-20(28(36)32-29(2,3)4)33(18-21-11-14-23(39-5)15-12-21)27(35)19-34(22-13-16-25(30)26(31)17-22)40(37,38)24-9-7-6-8-10-24/h6-17,20H,18-19H2,1-5H3,(H,32,36). The van der Waals surface area contributed by atoms with E-state index in [1.165, 1.54) is 35.2 Å². The van der Waals surface area contributed by atoms with E-state index in [1.807, 2.05) is 20.8 Å². The first-order valence-corrected chi connectivity index (χ1v) is 14.7. The van der Waals surface area contributed by atoms with Crippen LogP contribution in [0, 0.1) is 0 Å². The summed E-state index contributed by atoms with van der Waals surface area (Å²) in [6.07, 6.45) is 0. The molecule has 0 fully saturated rings. The Bertz CT molecular complexity index is 1440. The molecule has 0 aliphatic carbocycles. The third kappa shape index (κ3) is 7.90. The highest BCUT2D eigenvalue weighted by Gasteiger charge is 2.33. The minimum absolute atomic E-state index is 0.00546. The van der Waals surface area contributed by atoms with Gasteiger partial charge in [0, 0.05) is 12.1 Å². The van der Waals surface area contributed by atoms with E-state index >= 15 is 0 Å². The number of nitrogens with one attached hydrogen (secondary N) is 1. The second-order valence-electron chi connectivity index (χ2n) is 10.2. The number of rotatable bonds is 10. The van der Waals surface area contributed by atoms with Crippen LogP contribution in [0.5, 0.6) is 5.75 Å². The number of nitrogens with zero attached hydrogens (tertiary/aromatic N) is 2. The third-order valence-corrected chi connectivity index (χ3v) is 8.51. The summed E-state index contributed by atoms with van der Waals surface area (Å²) in [7, 11) is -2.65. The fraction of sp³-hybridized carbons (Fsp3) is 0.310. The monoisotopic (exact) mass is 605 g/mol. The zero-order valence-corrected chi connectivity index (χ0v) is 25.3. The Morgan fingerprint density at radius 1 is 0.950 bits per heavy atom. The molecule has 11 heteroatoms. The number of halogens is 2. The molecule has 0 radical (unpaired) electrons. The average molecular weight is 607 g/mol. The van der Waals surface area contributed by atoms with Crippen molar-refractivity contribution in [1.82, 2.24) is 10.2 Å². The summed E-state index contributed by atoms with van der Waals surface area (Å²) < 4.78 is 33.8. The summed E-state index contributed by atoms with van der Waals surface area (Å²) in [5.74, 6) is -0.320. The van der Waals surface area contributed by atoms with Gasteiger partial charge in [0.15, 0.2) is 0 Å². The summed E-state index contributed by atoms with van der Waals surface area (Å²) in [5.41, 5.74) is 0.350. The summed E-state index contributed by atoms with van der Waals surface area (Å²) in [6.45, 7) is 6.60. The highest BCUT2D eigenvalue weighted by Crippen LogP contribution is 2.31. The minimum atomic E-state index is -4.20. The SMILES string of the molecule is COc1ccc(CN(C(=O)CN(c2ccc(Cl)c(Cl)c2)S(=O)(=O)c2ccccc2)C(C)C(=O)NC(C)(C)C)cc1. The molecular weight excluding hydrogens is 573 g/mol. The van der Waals surface area contributed by atoms with E-state index in [4.69, 9.17) is 27.9 Å². The summed E-state index contributed by atoms with van der Waals surface area (Å²) in [6, 6.07) is 18.3. The Morgan fingerprint density at radius 2 is 1.57 bits per heavy atom. The van der Waals surface area contributed by atoms with Gasteiger partial charge in [-0.2, -0.15) is 0 Å². The number of amides is 2. The number of sulfonamides is 1. The molecule has 3 aromatic rings. The van der Waals surface area contributed by atoms with E-state index in [1.54, 1.807) is 56.5 Å². The minimum Gasteiger partial charge on any atom is -0.497 e. The van der Waals surface area contributed by atoms with Crippen molar-refractivity contribution in [1.29, 1.82) is 0 Å². The molecule has 2 amide bonds. The highest BCUT2D eigenvalue weighted by atomic mass is 35.5. The fourth-order valence-electron chi connectivity index (χ4n) is 3.87. The molecule has 8 nitrogen and oxygen atoms in total. The van der Waals surface area contributed by atoms with E-state index in [0.29, 0.717) is 5.75 Å². The van der Waals surface area contributed by atoms with Crippen LogP contribution in [0.2, 0.25) is 10.0 Å². The lowest BCUT2D eigenvalue weighted by molar-refractivity contribution is -0.140. The van der Waals surface area contributed by atoms with Crippen molar-refractivity contribution in [2.45, 2.75) is 50.7 Å². The highest BCUT2D eigenvalue weighted by molar-refractivity contribution is 7.92. The lowest BCUT2D eigenvalue weighted by Crippen LogP contribution is -2.54. The molecule has 0 saturated carbocycles. The van der Waals surface area contributed by atoms with E-state index < -0.39 is 34.1 Å². The van der Waals surface area contributed by atoms with Crippen LogP contribution in [0.3, 0.4) is 0 Å². The Labute approximate surface area is 245 Å². The molecule has 1 N–H and O–H groups in total. The molecule has 214 valence electrons. The van der Waals surface area contributed by atoms with Gasteiger partial charge in [-0.15, -0.1) is 0 Å². The largest absolute Gasteiger partial charge is 0.497 e. The molecule has 0 saturated heterocycles. The van der Waals surface area contributed by atoms with Crippen LogP contribution in [0.25, 0.3) is 0 Å². The Morgan fingerprint density at radius 3 is 2.12 bits per heavy atom. The summed E-state index contributed by atoms with van der Waals surface area (Å²) in [5, 5.41) is 3.27. The first-order chi connectivity index (χ1) is 18.7. The number of ether oxygens (including phenoxy) is 1. The quantitative estimate of drug-likeness (QED) is 0.328. The van der Waals surface area contributed by atoms with Gasteiger partial charge in [-0.1, -0.05) is 53.5 Å². The molecule has 3 aromatic carbocycles. The lowest BCUT2D eigenvalue weighted by atomic mass is 10.1.